The van der Waals surface area contributed by atoms with Crippen LogP contribution in [0.1, 0.15) is 13.3 Å². The number of hydrogen-bond donors (Lipinski definition) is 3. The highest BCUT2D eigenvalue weighted by Crippen LogP contribution is 2.06. The van der Waals surface area contributed by atoms with E-state index >= 15 is 0 Å². The van der Waals surface area contributed by atoms with Crippen LogP contribution in [0.4, 0.5) is 0 Å². The first-order valence-electron chi connectivity index (χ1n) is 5.76. The van der Waals surface area contributed by atoms with Crippen molar-refractivity contribution in [3.05, 3.63) is 0 Å². The number of nitrogens with zero attached hydrogens (tertiary/aromatic N) is 2. The lowest BCUT2D eigenvalue weighted by atomic mass is 10.2. The van der Waals surface area contributed by atoms with Crippen molar-refractivity contribution in [1.29, 1.82) is 0 Å². The van der Waals surface area contributed by atoms with Crippen molar-refractivity contribution in [3.63, 3.8) is 0 Å². The molecule has 0 spiro atoms. The molecule has 1 rings (SSSR count). The lowest BCUT2D eigenvalue weighted by Crippen LogP contribution is -2.48. The van der Waals surface area contributed by atoms with Crippen molar-refractivity contribution in [2.45, 2.75) is 19.4 Å². The van der Waals surface area contributed by atoms with Crippen LogP contribution in [0.5, 0.6) is 0 Å². The molecule has 6 heteroatoms. The Morgan fingerprint density at radius 2 is 2.19 bits per heavy atom. The topological polar surface area (TPSA) is 81.8 Å². The third-order valence-electron chi connectivity index (χ3n) is 3.11. The van der Waals surface area contributed by atoms with Gasteiger partial charge in [0.2, 0.25) is 0 Å². The molecule has 16 heavy (non-hydrogen) atoms. The highest BCUT2D eigenvalue weighted by Gasteiger charge is 2.22. The summed E-state index contributed by atoms with van der Waals surface area (Å²) in [6.07, 6.45) is 1.02. The van der Waals surface area contributed by atoms with Gasteiger partial charge in [-0.05, 0) is 19.9 Å². The van der Waals surface area contributed by atoms with E-state index in [1.54, 1.807) is 0 Å². The number of β-amino-alcohol motifs (C(OH)–C–C–N with tert-alkyl or cyclic N) is 1. The molecule has 1 heterocycles. The molecule has 0 saturated carbocycles. The Morgan fingerprint density at radius 1 is 1.44 bits per heavy atom. The second-order valence-electron chi connectivity index (χ2n) is 4.14. The third kappa shape index (κ3) is 3.71. The molecule has 0 aromatic heterocycles. The molecule has 0 aromatic rings. The molecule has 1 amide bonds. The number of aliphatic hydroxyl groups is 1. The maximum atomic E-state index is 11.4. The van der Waals surface area contributed by atoms with Crippen molar-refractivity contribution in [3.8, 4) is 0 Å². The molecule has 94 valence electrons. The molecule has 6 nitrogen and oxygen atoms in total. The average molecular weight is 230 g/mol. The fraction of sp³-hybridized carbons (Fsp3) is 0.900. The predicted molar refractivity (Wildman–Crippen MR) is 61.5 cm³/mol. The summed E-state index contributed by atoms with van der Waals surface area (Å²) in [6.45, 7) is 6.38. The van der Waals surface area contributed by atoms with Crippen molar-refractivity contribution < 1.29 is 9.90 Å². The van der Waals surface area contributed by atoms with E-state index in [-0.39, 0.29) is 18.6 Å². The largest absolute Gasteiger partial charge is 0.395 e. The highest BCUT2D eigenvalue weighted by atomic mass is 16.3. The first-order chi connectivity index (χ1) is 7.69. The molecule has 1 fully saturated rings. The fourth-order valence-corrected chi connectivity index (χ4v) is 2.03. The Morgan fingerprint density at radius 3 is 2.81 bits per heavy atom. The second kappa shape index (κ2) is 6.80. The van der Waals surface area contributed by atoms with Gasteiger partial charge >= 0.3 is 0 Å². The Labute approximate surface area is 96.4 Å². The maximum absolute atomic E-state index is 11.4. The first-order valence-corrected chi connectivity index (χ1v) is 5.76. The van der Waals surface area contributed by atoms with Crippen LogP contribution in [0.3, 0.4) is 0 Å². The van der Waals surface area contributed by atoms with E-state index in [9.17, 15) is 4.79 Å². The van der Waals surface area contributed by atoms with Gasteiger partial charge in [0.05, 0.1) is 12.6 Å². The van der Waals surface area contributed by atoms with E-state index < -0.39 is 0 Å². The minimum atomic E-state index is -0.181. The summed E-state index contributed by atoms with van der Waals surface area (Å²) in [5.41, 5.74) is 2.18. The van der Waals surface area contributed by atoms with Crippen LogP contribution in [0.2, 0.25) is 0 Å². The van der Waals surface area contributed by atoms with Crippen LogP contribution < -0.4 is 11.3 Å². The first kappa shape index (κ1) is 13.4. The van der Waals surface area contributed by atoms with Crippen LogP contribution in [-0.2, 0) is 4.79 Å². The molecule has 1 unspecified atom stereocenters. The van der Waals surface area contributed by atoms with Crippen LogP contribution in [-0.4, -0.2) is 66.2 Å². The summed E-state index contributed by atoms with van der Waals surface area (Å²) in [5.74, 6) is 4.98. The molecule has 1 aliphatic rings. The molecule has 4 N–H and O–H groups in total. The van der Waals surface area contributed by atoms with Crippen molar-refractivity contribution in [1.82, 2.24) is 15.2 Å². The number of amides is 1. The zero-order valence-corrected chi connectivity index (χ0v) is 9.85. The standard InChI is InChI=1S/C10H22N4O2/c1-9(10(16)12-11)14-4-2-3-13(5-6-14)7-8-15/h9,15H,2-8,11H2,1H3,(H,12,16). The smallest absolute Gasteiger partial charge is 0.250 e. The Bertz CT molecular complexity index is 225. The number of carbonyl (C=O) groups excluding carboxylic acids is 1. The third-order valence-corrected chi connectivity index (χ3v) is 3.11. The quantitative estimate of drug-likeness (QED) is 0.307. The summed E-state index contributed by atoms with van der Waals surface area (Å²) >= 11 is 0. The highest BCUT2D eigenvalue weighted by molar-refractivity contribution is 5.80. The molecule has 0 bridgehead atoms. The van der Waals surface area contributed by atoms with Crippen LogP contribution >= 0.6 is 0 Å². The van der Waals surface area contributed by atoms with Crippen molar-refractivity contribution in [2.24, 2.45) is 5.84 Å². The van der Waals surface area contributed by atoms with E-state index in [0.717, 1.165) is 32.6 Å². The van der Waals surface area contributed by atoms with Gasteiger partial charge in [0.1, 0.15) is 0 Å². The number of nitrogens with two attached hydrogens (primary N) is 1. The summed E-state index contributed by atoms with van der Waals surface area (Å²) in [6, 6.07) is -0.181. The molecule has 0 radical (unpaired) electrons. The van der Waals surface area contributed by atoms with Gasteiger partial charge in [-0.1, -0.05) is 0 Å². The molecule has 0 aliphatic carbocycles. The molecular weight excluding hydrogens is 208 g/mol. The van der Waals surface area contributed by atoms with Gasteiger partial charge in [-0.2, -0.15) is 0 Å². The molecule has 1 atom stereocenters. The normalized spacial score (nSPS) is 21.4. The van der Waals surface area contributed by atoms with Crippen LogP contribution in [0.25, 0.3) is 0 Å². The minimum Gasteiger partial charge on any atom is -0.395 e. The summed E-state index contributed by atoms with van der Waals surface area (Å²) in [4.78, 5) is 15.7. The van der Waals surface area contributed by atoms with Gasteiger partial charge in [-0.15, -0.1) is 0 Å². The molecule has 1 saturated heterocycles. The number of carbonyl (C=O) groups is 1. The number of aliphatic hydroxyl groups excluding tert-OH is 1. The predicted octanol–water partition coefficient (Wildman–Crippen LogP) is -1.64. The van der Waals surface area contributed by atoms with Crippen molar-refractivity contribution >= 4 is 5.91 Å². The lowest BCUT2D eigenvalue weighted by molar-refractivity contribution is -0.125. The fourth-order valence-electron chi connectivity index (χ4n) is 2.03. The Kier molecular flexibility index (Phi) is 5.68. The number of hydrazine groups is 1. The van der Waals surface area contributed by atoms with Gasteiger partial charge in [0.25, 0.3) is 5.91 Å². The van der Waals surface area contributed by atoms with Crippen LogP contribution in [0.15, 0.2) is 0 Å². The Balaban J connectivity index is 2.43. The summed E-state index contributed by atoms with van der Waals surface area (Å²) in [5, 5.41) is 8.88. The Hall–Kier alpha value is -0.690. The van der Waals surface area contributed by atoms with Crippen LogP contribution in [0, 0.1) is 0 Å². The zero-order chi connectivity index (χ0) is 12.0. The molecule has 1 aliphatic heterocycles. The van der Waals surface area contributed by atoms with Gasteiger partial charge < -0.3 is 5.11 Å². The minimum absolute atomic E-state index is 0.143. The maximum Gasteiger partial charge on any atom is 0.250 e. The van der Waals surface area contributed by atoms with Gasteiger partial charge in [-0.3, -0.25) is 20.0 Å². The van der Waals surface area contributed by atoms with E-state index in [2.05, 4.69) is 15.2 Å². The van der Waals surface area contributed by atoms with Crippen molar-refractivity contribution in [2.75, 3.05) is 39.3 Å². The van der Waals surface area contributed by atoms with E-state index in [1.165, 1.54) is 0 Å². The summed E-state index contributed by atoms with van der Waals surface area (Å²) < 4.78 is 0. The zero-order valence-electron chi connectivity index (χ0n) is 9.85. The molecular formula is C10H22N4O2. The van der Waals surface area contributed by atoms with Gasteiger partial charge in [0, 0.05) is 26.2 Å². The number of nitrogens with one attached hydrogen (secondary N) is 1. The SMILES string of the molecule is CC(C(=O)NN)N1CCCN(CCO)CC1. The average Bonchev–Trinajstić information content (AvgIpc) is 2.53. The lowest BCUT2D eigenvalue weighted by Gasteiger charge is -2.26. The second-order valence-corrected chi connectivity index (χ2v) is 4.14. The summed E-state index contributed by atoms with van der Waals surface area (Å²) in [7, 11) is 0. The van der Waals surface area contributed by atoms with E-state index in [4.69, 9.17) is 10.9 Å². The monoisotopic (exact) mass is 230 g/mol. The van der Waals surface area contributed by atoms with Gasteiger partial charge in [-0.25, -0.2) is 5.84 Å². The molecule has 0 aromatic carbocycles. The number of rotatable bonds is 4. The van der Waals surface area contributed by atoms with Gasteiger partial charge in [0.15, 0.2) is 0 Å². The van der Waals surface area contributed by atoms with E-state index in [1.807, 2.05) is 6.92 Å². The van der Waals surface area contributed by atoms with E-state index in [0.29, 0.717) is 6.54 Å². The number of hydrogen-bond acceptors (Lipinski definition) is 5.